The van der Waals surface area contributed by atoms with Crippen LogP contribution in [-0.4, -0.2) is 34.7 Å². The average Bonchev–Trinajstić information content (AvgIpc) is 3.15. The van der Waals surface area contributed by atoms with Gasteiger partial charge in [-0.2, -0.15) is 5.26 Å². The number of hydrogen-bond acceptors (Lipinski definition) is 7. The second-order valence-electron chi connectivity index (χ2n) is 6.10. The topological polar surface area (TPSA) is 101 Å². The Morgan fingerprint density at radius 3 is 2.88 bits per heavy atom. The number of fused-ring (bicyclic) bond motifs is 1. The summed E-state index contributed by atoms with van der Waals surface area (Å²) in [5.74, 6) is 1.24. The molecule has 2 aliphatic rings. The first-order valence-corrected chi connectivity index (χ1v) is 8.09. The molecular formula is C17H18N6O. The summed E-state index contributed by atoms with van der Waals surface area (Å²) in [6.07, 6.45) is 5.16. The van der Waals surface area contributed by atoms with E-state index in [0.717, 1.165) is 42.8 Å². The minimum absolute atomic E-state index is 0.204. The number of nitriles is 1. The Bertz CT molecular complexity index is 795. The molecular weight excluding hydrogens is 304 g/mol. The molecule has 4 heterocycles. The molecule has 4 rings (SSSR count). The SMILES string of the molecule is N#Cc1c(N)nc2c(c1C1CCOC1)CN(c1ncccn1)CC2. The van der Waals surface area contributed by atoms with Crippen molar-refractivity contribution in [1.29, 1.82) is 5.26 Å². The van der Waals surface area contributed by atoms with Crippen LogP contribution in [0.3, 0.4) is 0 Å². The molecule has 0 saturated carbocycles. The van der Waals surface area contributed by atoms with Gasteiger partial charge in [-0.3, -0.25) is 0 Å². The number of aromatic nitrogens is 3. The molecule has 0 radical (unpaired) electrons. The van der Waals surface area contributed by atoms with Gasteiger partial charge in [0.05, 0.1) is 12.2 Å². The highest BCUT2D eigenvalue weighted by Gasteiger charge is 2.31. The lowest BCUT2D eigenvalue weighted by Crippen LogP contribution is -2.34. The highest BCUT2D eigenvalue weighted by molar-refractivity contribution is 5.60. The predicted molar refractivity (Wildman–Crippen MR) is 88.3 cm³/mol. The van der Waals surface area contributed by atoms with E-state index in [1.54, 1.807) is 18.5 Å². The van der Waals surface area contributed by atoms with Crippen LogP contribution >= 0.6 is 0 Å². The molecule has 0 bridgehead atoms. The molecule has 1 saturated heterocycles. The first-order chi connectivity index (χ1) is 11.8. The van der Waals surface area contributed by atoms with Gasteiger partial charge in [-0.25, -0.2) is 15.0 Å². The number of rotatable bonds is 2. The lowest BCUT2D eigenvalue weighted by Gasteiger charge is -2.31. The molecule has 2 aliphatic heterocycles. The van der Waals surface area contributed by atoms with Crippen LogP contribution in [-0.2, 0) is 17.7 Å². The molecule has 2 aromatic rings. The Morgan fingerprint density at radius 2 is 2.17 bits per heavy atom. The van der Waals surface area contributed by atoms with Crippen LogP contribution in [0.5, 0.6) is 0 Å². The molecule has 0 amide bonds. The van der Waals surface area contributed by atoms with Gasteiger partial charge in [-0.05, 0) is 23.6 Å². The Hall–Kier alpha value is -2.72. The molecule has 0 aliphatic carbocycles. The number of ether oxygens (including phenoxy) is 1. The summed E-state index contributed by atoms with van der Waals surface area (Å²) in [6.45, 7) is 2.79. The fraction of sp³-hybridized carbons (Fsp3) is 0.412. The van der Waals surface area contributed by atoms with Crippen LogP contribution in [0.25, 0.3) is 0 Å². The molecule has 2 N–H and O–H groups in total. The fourth-order valence-corrected chi connectivity index (χ4v) is 3.56. The van der Waals surface area contributed by atoms with Crippen molar-refractivity contribution < 1.29 is 4.74 Å². The summed E-state index contributed by atoms with van der Waals surface area (Å²) >= 11 is 0. The van der Waals surface area contributed by atoms with E-state index >= 15 is 0 Å². The Labute approximate surface area is 140 Å². The quantitative estimate of drug-likeness (QED) is 0.891. The number of hydrogen-bond donors (Lipinski definition) is 1. The summed E-state index contributed by atoms with van der Waals surface area (Å²) in [6, 6.07) is 4.06. The lowest BCUT2D eigenvalue weighted by molar-refractivity contribution is 0.193. The van der Waals surface area contributed by atoms with Crippen molar-refractivity contribution in [3.8, 4) is 6.07 Å². The van der Waals surface area contributed by atoms with Gasteiger partial charge in [0.2, 0.25) is 5.95 Å². The molecule has 24 heavy (non-hydrogen) atoms. The van der Waals surface area contributed by atoms with Gasteiger partial charge in [0.15, 0.2) is 0 Å². The molecule has 0 spiro atoms. The second kappa shape index (κ2) is 6.06. The Morgan fingerprint density at radius 1 is 1.33 bits per heavy atom. The van der Waals surface area contributed by atoms with Gasteiger partial charge >= 0.3 is 0 Å². The van der Waals surface area contributed by atoms with Crippen molar-refractivity contribution in [3.63, 3.8) is 0 Å². The van der Waals surface area contributed by atoms with E-state index < -0.39 is 0 Å². The molecule has 1 atom stereocenters. The zero-order valence-corrected chi connectivity index (χ0v) is 13.3. The molecule has 1 unspecified atom stereocenters. The summed E-state index contributed by atoms with van der Waals surface area (Å²) in [4.78, 5) is 15.3. The monoisotopic (exact) mass is 322 g/mol. The lowest BCUT2D eigenvalue weighted by atomic mass is 9.87. The number of pyridine rings is 1. The van der Waals surface area contributed by atoms with Crippen LogP contribution in [0.2, 0.25) is 0 Å². The third-order valence-corrected chi connectivity index (χ3v) is 4.71. The zero-order valence-electron chi connectivity index (χ0n) is 13.3. The fourth-order valence-electron chi connectivity index (χ4n) is 3.56. The standard InChI is InChI=1S/C17H18N6O/c18-8-12-15(11-3-7-24-10-11)13-9-23(17-20-4-1-5-21-17)6-2-14(13)22-16(12)19/h1,4-5,11H,2-3,6-7,9-10H2,(H2,19,22). The van der Waals surface area contributed by atoms with E-state index in [2.05, 4.69) is 25.9 Å². The van der Waals surface area contributed by atoms with Crippen LogP contribution in [0.4, 0.5) is 11.8 Å². The third-order valence-electron chi connectivity index (χ3n) is 4.71. The van der Waals surface area contributed by atoms with Gasteiger partial charge in [-0.15, -0.1) is 0 Å². The Balaban J connectivity index is 1.80. The number of anilines is 2. The van der Waals surface area contributed by atoms with E-state index in [1.807, 2.05) is 0 Å². The van der Waals surface area contributed by atoms with Crippen molar-refractivity contribution in [2.24, 2.45) is 0 Å². The number of nitrogens with two attached hydrogens (primary N) is 1. The minimum atomic E-state index is 0.204. The smallest absolute Gasteiger partial charge is 0.225 e. The summed E-state index contributed by atoms with van der Waals surface area (Å²) in [5.41, 5.74) is 9.65. The second-order valence-corrected chi connectivity index (χ2v) is 6.10. The van der Waals surface area contributed by atoms with Gasteiger partial charge in [0, 0.05) is 50.1 Å². The molecule has 2 aromatic heterocycles. The van der Waals surface area contributed by atoms with Crippen LogP contribution in [0.15, 0.2) is 18.5 Å². The van der Waals surface area contributed by atoms with Crippen molar-refractivity contribution >= 4 is 11.8 Å². The normalized spacial score (nSPS) is 19.8. The van der Waals surface area contributed by atoms with Gasteiger partial charge in [0.1, 0.15) is 11.9 Å². The molecule has 122 valence electrons. The predicted octanol–water partition coefficient (Wildman–Crippen LogP) is 1.39. The van der Waals surface area contributed by atoms with E-state index in [1.165, 1.54) is 0 Å². The van der Waals surface area contributed by atoms with E-state index in [9.17, 15) is 5.26 Å². The number of nitrogen functional groups attached to an aromatic ring is 1. The van der Waals surface area contributed by atoms with Crippen molar-refractivity contribution in [2.75, 3.05) is 30.4 Å². The summed E-state index contributed by atoms with van der Waals surface area (Å²) in [7, 11) is 0. The van der Waals surface area contributed by atoms with Crippen LogP contribution < -0.4 is 10.6 Å². The first kappa shape index (κ1) is 14.8. The molecule has 1 fully saturated rings. The van der Waals surface area contributed by atoms with Gasteiger partial charge in [-0.1, -0.05) is 0 Å². The maximum Gasteiger partial charge on any atom is 0.225 e. The van der Waals surface area contributed by atoms with E-state index in [4.69, 9.17) is 10.5 Å². The zero-order chi connectivity index (χ0) is 16.5. The van der Waals surface area contributed by atoms with Crippen molar-refractivity contribution in [2.45, 2.75) is 25.3 Å². The minimum Gasteiger partial charge on any atom is -0.383 e. The number of nitrogens with zero attached hydrogens (tertiary/aromatic N) is 5. The molecule has 7 nitrogen and oxygen atoms in total. The third kappa shape index (κ3) is 2.45. The average molecular weight is 322 g/mol. The van der Waals surface area contributed by atoms with Crippen LogP contribution in [0, 0.1) is 11.3 Å². The highest BCUT2D eigenvalue weighted by atomic mass is 16.5. The first-order valence-electron chi connectivity index (χ1n) is 8.09. The summed E-state index contributed by atoms with van der Waals surface area (Å²) in [5, 5.41) is 9.59. The highest BCUT2D eigenvalue weighted by Crippen LogP contribution is 2.36. The van der Waals surface area contributed by atoms with Crippen LogP contribution in [0.1, 0.15) is 34.7 Å². The van der Waals surface area contributed by atoms with Crippen molar-refractivity contribution in [3.05, 3.63) is 40.8 Å². The maximum atomic E-state index is 9.59. The van der Waals surface area contributed by atoms with Gasteiger partial charge in [0.25, 0.3) is 0 Å². The molecule has 0 aromatic carbocycles. The molecule has 7 heteroatoms. The maximum absolute atomic E-state index is 9.59. The van der Waals surface area contributed by atoms with E-state index in [-0.39, 0.29) is 5.92 Å². The van der Waals surface area contributed by atoms with Crippen molar-refractivity contribution in [1.82, 2.24) is 15.0 Å². The largest absolute Gasteiger partial charge is 0.383 e. The van der Waals surface area contributed by atoms with E-state index in [0.29, 0.717) is 30.5 Å². The summed E-state index contributed by atoms with van der Waals surface area (Å²) < 4.78 is 5.54. The van der Waals surface area contributed by atoms with Gasteiger partial charge < -0.3 is 15.4 Å². The Kier molecular flexibility index (Phi) is 3.75.